The van der Waals surface area contributed by atoms with Gasteiger partial charge in [0.15, 0.2) is 0 Å². The SMILES string of the molecule is CC(C)(C)[Si](OC[C@H]1O[C@H](Oc2ccc(Cl)cc2)[C@H](O)[C@@H](O)[C@@H]1O)(c1ccccc1)c1ccccc1. The van der Waals surface area contributed by atoms with Crippen LogP contribution in [0, 0.1) is 0 Å². The zero-order valence-electron chi connectivity index (χ0n) is 20.6. The van der Waals surface area contributed by atoms with Gasteiger partial charge in [0, 0.05) is 5.02 Å². The minimum absolute atomic E-state index is 0.00128. The number of rotatable bonds is 7. The lowest BCUT2D eigenvalue weighted by atomic mass is 9.99. The van der Waals surface area contributed by atoms with Crippen molar-refractivity contribution in [2.24, 2.45) is 0 Å². The Kier molecular flexibility index (Phi) is 8.21. The second kappa shape index (κ2) is 11.0. The van der Waals surface area contributed by atoms with Crippen LogP contribution >= 0.6 is 11.6 Å². The van der Waals surface area contributed by atoms with Crippen LogP contribution in [0.2, 0.25) is 10.1 Å². The maximum absolute atomic E-state index is 10.8. The quantitative estimate of drug-likeness (QED) is 0.408. The molecule has 0 bridgehead atoms. The van der Waals surface area contributed by atoms with Gasteiger partial charge in [-0.1, -0.05) is 93.0 Å². The Balaban J connectivity index is 1.64. The Morgan fingerprint density at radius 1 is 0.778 bits per heavy atom. The van der Waals surface area contributed by atoms with Crippen molar-refractivity contribution in [2.45, 2.75) is 56.5 Å². The van der Waals surface area contributed by atoms with E-state index in [0.29, 0.717) is 10.8 Å². The van der Waals surface area contributed by atoms with Gasteiger partial charge in [-0.15, -0.1) is 0 Å². The molecule has 0 aliphatic carbocycles. The lowest BCUT2D eigenvalue weighted by molar-refractivity contribution is -0.276. The summed E-state index contributed by atoms with van der Waals surface area (Å²) in [6.07, 6.45) is -6.40. The molecule has 1 aliphatic rings. The van der Waals surface area contributed by atoms with Gasteiger partial charge in [-0.05, 0) is 39.7 Å². The third-order valence-electron chi connectivity index (χ3n) is 6.62. The molecule has 4 rings (SSSR count). The van der Waals surface area contributed by atoms with Crippen molar-refractivity contribution in [1.29, 1.82) is 0 Å². The molecule has 0 aromatic heterocycles. The number of halogens is 1. The third-order valence-corrected chi connectivity index (χ3v) is 11.9. The van der Waals surface area contributed by atoms with Crippen LogP contribution in [0.1, 0.15) is 20.8 Å². The van der Waals surface area contributed by atoms with E-state index in [1.54, 1.807) is 24.3 Å². The molecule has 6 nitrogen and oxygen atoms in total. The zero-order valence-corrected chi connectivity index (χ0v) is 22.4. The average Bonchev–Trinajstić information content (AvgIpc) is 2.87. The number of aliphatic hydroxyl groups is 3. The maximum atomic E-state index is 10.8. The van der Waals surface area contributed by atoms with Crippen LogP contribution in [0.25, 0.3) is 0 Å². The summed E-state index contributed by atoms with van der Waals surface area (Å²) >= 11 is 5.95. The zero-order chi connectivity index (χ0) is 25.9. The van der Waals surface area contributed by atoms with Gasteiger partial charge in [0.05, 0.1) is 6.61 Å². The van der Waals surface area contributed by atoms with Gasteiger partial charge < -0.3 is 29.2 Å². The van der Waals surface area contributed by atoms with Gasteiger partial charge in [0.1, 0.15) is 30.2 Å². The van der Waals surface area contributed by atoms with Crippen molar-refractivity contribution in [2.75, 3.05) is 6.61 Å². The fraction of sp³-hybridized carbons (Fsp3) is 0.357. The Bertz CT molecular complexity index is 1070. The first kappa shape index (κ1) is 26.8. The normalized spacial score (nSPS) is 24.9. The van der Waals surface area contributed by atoms with Crippen molar-refractivity contribution in [3.8, 4) is 5.75 Å². The fourth-order valence-electron chi connectivity index (χ4n) is 4.77. The molecule has 36 heavy (non-hydrogen) atoms. The molecule has 0 spiro atoms. The Morgan fingerprint density at radius 2 is 1.31 bits per heavy atom. The number of hydrogen-bond donors (Lipinski definition) is 3. The van der Waals surface area contributed by atoms with E-state index in [2.05, 4.69) is 45.0 Å². The lowest BCUT2D eigenvalue weighted by Crippen LogP contribution is -2.68. The molecule has 1 heterocycles. The summed E-state index contributed by atoms with van der Waals surface area (Å²) < 4.78 is 18.6. The predicted octanol–water partition coefficient (Wildman–Crippen LogP) is 3.10. The van der Waals surface area contributed by atoms with E-state index in [9.17, 15) is 15.3 Å². The standard InChI is InChI=1S/C28H33ClO6Si/c1-28(2,3)36(21-10-6-4-7-11-21,22-12-8-5-9-13-22)33-18-23-24(30)25(31)26(32)27(35-23)34-20-16-14-19(29)15-17-20/h4-17,23-27,30-32H,18H2,1-3H3/t23-,24-,25+,26-,27+/m1/s1. The average molecular weight is 529 g/mol. The number of ether oxygens (including phenoxy) is 2. The van der Waals surface area contributed by atoms with Crippen LogP contribution in [0.15, 0.2) is 84.9 Å². The molecule has 1 saturated heterocycles. The van der Waals surface area contributed by atoms with E-state index in [-0.39, 0.29) is 11.6 Å². The highest BCUT2D eigenvalue weighted by Gasteiger charge is 2.52. The smallest absolute Gasteiger partial charge is 0.261 e. The van der Waals surface area contributed by atoms with Gasteiger partial charge in [-0.2, -0.15) is 0 Å². The molecule has 8 heteroatoms. The van der Waals surface area contributed by atoms with Gasteiger partial charge in [0.25, 0.3) is 8.32 Å². The molecule has 1 fully saturated rings. The van der Waals surface area contributed by atoms with Crippen molar-refractivity contribution in [3.05, 3.63) is 90.0 Å². The Hall–Kier alpha value is -2.23. The van der Waals surface area contributed by atoms with Crippen molar-refractivity contribution >= 4 is 30.3 Å². The maximum Gasteiger partial charge on any atom is 0.261 e. The first-order valence-electron chi connectivity index (χ1n) is 12.0. The summed E-state index contributed by atoms with van der Waals surface area (Å²) in [5.74, 6) is 0.415. The van der Waals surface area contributed by atoms with Crippen LogP contribution < -0.4 is 15.1 Å². The molecule has 3 aromatic carbocycles. The summed E-state index contributed by atoms with van der Waals surface area (Å²) in [5.41, 5.74) is 0. The van der Waals surface area contributed by atoms with Gasteiger partial charge in [-0.25, -0.2) is 0 Å². The Morgan fingerprint density at radius 3 is 1.81 bits per heavy atom. The first-order valence-corrected chi connectivity index (χ1v) is 14.3. The number of hydrogen-bond acceptors (Lipinski definition) is 6. The van der Waals surface area contributed by atoms with E-state index in [0.717, 1.165) is 10.4 Å². The molecule has 0 saturated carbocycles. The summed E-state index contributed by atoms with van der Waals surface area (Å²) in [6, 6.07) is 26.8. The van der Waals surface area contributed by atoms with E-state index in [4.69, 9.17) is 25.5 Å². The van der Waals surface area contributed by atoms with E-state index < -0.39 is 39.0 Å². The van der Waals surface area contributed by atoms with Gasteiger partial charge in [-0.3, -0.25) is 0 Å². The third kappa shape index (κ3) is 5.38. The molecule has 0 radical (unpaired) electrons. The molecule has 3 N–H and O–H groups in total. The summed E-state index contributed by atoms with van der Waals surface area (Å²) in [5, 5.41) is 34.4. The van der Waals surface area contributed by atoms with E-state index >= 15 is 0 Å². The number of aliphatic hydroxyl groups excluding tert-OH is 3. The minimum Gasteiger partial charge on any atom is -0.462 e. The molecule has 1 aliphatic heterocycles. The largest absolute Gasteiger partial charge is 0.462 e. The second-order valence-corrected chi connectivity index (χ2v) is 14.8. The molecule has 0 unspecified atom stereocenters. The molecular formula is C28H33ClO6Si. The van der Waals surface area contributed by atoms with Crippen molar-refractivity contribution < 1.29 is 29.2 Å². The second-order valence-electron chi connectivity index (χ2n) is 10.1. The van der Waals surface area contributed by atoms with E-state index in [1.807, 2.05) is 36.4 Å². The predicted molar refractivity (Wildman–Crippen MR) is 142 cm³/mol. The summed E-state index contributed by atoms with van der Waals surface area (Å²) in [6.45, 7) is 6.46. The van der Waals surface area contributed by atoms with Crippen LogP contribution in [0.5, 0.6) is 5.75 Å². The first-order chi connectivity index (χ1) is 17.1. The van der Waals surface area contributed by atoms with Crippen LogP contribution in [-0.4, -0.2) is 60.9 Å². The highest BCUT2D eigenvalue weighted by atomic mass is 35.5. The van der Waals surface area contributed by atoms with Gasteiger partial charge in [0.2, 0.25) is 6.29 Å². The lowest BCUT2D eigenvalue weighted by Gasteiger charge is -2.45. The van der Waals surface area contributed by atoms with Crippen molar-refractivity contribution in [3.63, 3.8) is 0 Å². The highest BCUT2D eigenvalue weighted by Crippen LogP contribution is 2.37. The molecule has 5 atom stereocenters. The van der Waals surface area contributed by atoms with Crippen LogP contribution in [0.3, 0.4) is 0 Å². The highest BCUT2D eigenvalue weighted by molar-refractivity contribution is 6.99. The van der Waals surface area contributed by atoms with Crippen LogP contribution in [-0.2, 0) is 9.16 Å². The number of benzene rings is 3. The topological polar surface area (TPSA) is 88.4 Å². The minimum atomic E-state index is -2.90. The molecule has 3 aromatic rings. The van der Waals surface area contributed by atoms with E-state index in [1.165, 1.54) is 0 Å². The fourth-order valence-corrected chi connectivity index (χ4v) is 9.46. The summed E-state index contributed by atoms with van der Waals surface area (Å²) in [4.78, 5) is 0. The molecular weight excluding hydrogens is 496 g/mol. The molecule has 192 valence electrons. The van der Waals surface area contributed by atoms with Crippen LogP contribution in [0.4, 0.5) is 0 Å². The van der Waals surface area contributed by atoms with Crippen molar-refractivity contribution in [1.82, 2.24) is 0 Å². The summed E-state index contributed by atoms with van der Waals surface area (Å²) in [7, 11) is -2.90. The Labute approximate surface area is 218 Å². The monoisotopic (exact) mass is 528 g/mol. The molecule has 0 amide bonds. The van der Waals surface area contributed by atoms with Gasteiger partial charge >= 0.3 is 0 Å².